The van der Waals surface area contributed by atoms with Crippen molar-refractivity contribution < 1.29 is 4.74 Å². The number of hydrogen-bond acceptors (Lipinski definition) is 2. The zero-order valence-corrected chi connectivity index (χ0v) is 17.2. The predicted molar refractivity (Wildman–Crippen MR) is 122 cm³/mol. The molecule has 3 aromatic carbocycles. The second kappa shape index (κ2) is 9.58. The molecule has 29 heavy (non-hydrogen) atoms. The van der Waals surface area contributed by atoms with E-state index in [9.17, 15) is 0 Å². The van der Waals surface area contributed by atoms with E-state index in [1.807, 2.05) is 0 Å². The molecule has 4 rings (SSSR count). The first-order valence-corrected chi connectivity index (χ1v) is 10.6. The number of benzene rings is 3. The average molecular weight is 384 g/mol. The number of hydrogen-bond donors (Lipinski definition) is 0. The van der Waals surface area contributed by atoms with Crippen LogP contribution in [0.15, 0.2) is 78.9 Å². The summed E-state index contributed by atoms with van der Waals surface area (Å²) in [5.41, 5.74) is 6.43. The van der Waals surface area contributed by atoms with Crippen molar-refractivity contribution in [2.24, 2.45) is 0 Å². The van der Waals surface area contributed by atoms with E-state index in [4.69, 9.17) is 4.74 Å². The zero-order valence-electron chi connectivity index (χ0n) is 17.2. The predicted octanol–water partition coefficient (Wildman–Crippen LogP) is 6.21. The summed E-state index contributed by atoms with van der Waals surface area (Å²) in [7, 11) is 0. The summed E-state index contributed by atoms with van der Waals surface area (Å²) in [5.74, 6) is 1.08. The van der Waals surface area contributed by atoms with Gasteiger partial charge in [0.1, 0.15) is 5.75 Å². The van der Waals surface area contributed by atoms with E-state index in [2.05, 4.69) is 96.8 Å². The minimum atomic E-state index is 0.847. The second-order valence-electron chi connectivity index (χ2n) is 7.61. The van der Waals surface area contributed by atoms with Gasteiger partial charge in [-0.1, -0.05) is 85.8 Å². The molecule has 2 nitrogen and oxygen atoms in total. The summed E-state index contributed by atoms with van der Waals surface area (Å²) < 4.78 is 5.83. The molecule has 0 unspecified atom stereocenters. The molecule has 1 aliphatic heterocycles. The smallest absolute Gasteiger partial charge is 0.122 e. The van der Waals surface area contributed by atoms with Crippen LogP contribution in [0, 0.1) is 0 Å². The van der Waals surface area contributed by atoms with Gasteiger partial charge in [0.15, 0.2) is 0 Å². The van der Waals surface area contributed by atoms with Gasteiger partial charge in [0.2, 0.25) is 0 Å². The number of rotatable bonds is 7. The molecule has 0 bridgehead atoms. The van der Waals surface area contributed by atoms with Crippen LogP contribution in [-0.4, -0.2) is 24.6 Å². The fraction of sp³-hybridized carbons (Fsp3) is 0.259. The quantitative estimate of drug-likeness (QED) is 0.481. The third kappa shape index (κ3) is 5.16. The number of fused-ring (bicyclic) bond motifs is 1. The standard InChI is InChI=1S/C27H29NO/c1-2-28(21-23-14-17-26-11-7-19-29-27(26)20-23)18-6-8-22-12-15-25(16-13-22)24-9-4-3-5-10-24/h3-6,8-10,12-17,20H,2,7,11,18-19,21H2,1H3. The molecule has 0 fully saturated rings. The van der Waals surface area contributed by atoms with E-state index < -0.39 is 0 Å². The highest BCUT2D eigenvalue weighted by atomic mass is 16.5. The normalized spacial score (nSPS) is 13.4. The van der Waals surface area contributed by atoms with Gasteiger partial charge < -0.3 is 4.74 Å². The molecule has 148 valence electrons. The third-order valence-corrected chi connectivity index (χ3v) is 5.52. The van der Waals surface area contributed by atoms with Crippen molar-refractivity contribution in [3.05, 3.63) is 95.6 Å². The number of aryl methyl sites for hydroxylation is 1. The lowest BCUT2D eigenvalue weighted by Crippen LogP contribution is -2.23. The van der Waals surface area contributed by atoms with Crippen molar-refractivity contribution in [3.8, 4) is 16.9 Å². The molecular weight excluding hydrogens is 354 g/mol. The topological polar surface area (TPSA) is 12.5 Å². The Morgan fingerprint density at radius 3 is 2.52 bits per heavy atom. The van der Waals surface area contributed by atoms with Gasteiger partial charge in [-0.15, -0.1) is 0 Å². The summed E-state index contributed by atoms with van der Waals surface area (Å²) in [6, 6.07) is 26.0. The Morgan fingerprint density at radius 2 is 1.72 bits per heavy atom. The largest absolute Gasteiger partial charge is 0.493 e. The first kappa shape index (κ1) is 19.5. The molecule has 0 aliphatic carbocycles. The van der Waals surface area contributed by atoms with Crippen LogP contribution in [0.3, 0.4) is 0 Å². The molecule has 1 heterocycles. The van der Waals surface area contributed by atoms with E-state index in [0.717, 1.165) is 44.8 Å². The van der Waals surface area contributed by atoms with Crippen molar-refractivity contribution in [1.82, 2.24) is 4.90 Å². The molecule has 0 saturated carbocycles. The Morgan fingerprint density at radius 1 is 0.931 bits per heavy atom. The van der Waals surface area contributed by atoms with Gasteiger partial charge in [0.25, 0.3) is 0 Å². The lowest BCUT2D eigenvalue weighted by molar-refractivity contribution is 0.285. The summed E-state index contributed by atoms with van der Waals surface area (Å²) in [4.78, 5) is 2.44. The highest BCUT2D eigenvalue weighted by Gasteiger charge is 2.11. The van der Waals surface area contributed by atoms with Gasteiger partial charge in [0, 0.05) is 13.1 Å². The van der Waals surface area contributed by atoms with Gasteiger partial charge in [-0.3, -0.25) is 4.90 Å². The van der Waals surface area contributed by atoms with Crippen LogP contribution in [0.5, 0.6) is 5.75 Å². The Hall–Kier alpha value is -2.84. The SMILES string of the molecule is CCN(CC=Cc1ccc(-c2ccccc2)cc1)Cc1ccc2c(c1)OCCC2. The lowest BCUT2D eigenvalue weighted by atomic mass is 10.0. The number of ether oxygens (including phenoxy) is 1. The molecule has 0 atom stereocenters. The van der Waals surface area contributed by atoms with E-state index >= 15 is 0 Å². The maximum atomic E-state index is 5.83. The molecule has 0 amide bonds. The Bertz CT molecular complexity index is 944. The van der Waals surface area contributed by atoms with Crippen molar-refractivity contribution in [3.63, 3.8) is 0 Å². The monoisotopic (exact) mass is 383 g/mol. The van der Waals surface area contributed by atoms with Crippen LogP contribution in [0.2, 0.25) is 0 Å². The minimum Gasteiger partial charge on any atom is -0.493 e. The van der Waals surface area contributed by atoms with Gasteiger partial charge in [-0.25, -0.2) is 0 Å². The maximum Gasteiger partial charge on any atom is 0.122 e. The van der Waals surface area contributed by atoms with Gasteiger partial charge in [-0.05, 0) is 53.3 Å². The Balaban J connectivity index is 1.35. The highest BCUT2D eigenvalue weighted by molar-refractivity contribution is 5.65. The molecule has 3 aromatic rings. The van der Waals surface area contributed by atoms with E-state index in [0.29, 0.717) is 0 Å². The van der Waals surface area contributed by atoms with Crippen LogP contribution < -0.4 is 4.74 Å². The number of likely N-dealkylation sites (N-methyl/N-ethyl adjacent to an activating group) is 1. The zero-order chi connectivity index (χ0) is 19.9. The lowest BCUT2D eigenvalue weighted by Gasteiger charge is -2.21. The molecule has 0 N–H and O–H groups in total. The van der Waals surface area contributed by atoms with Gasteiger partial charge >= 0.3 is 0 Å². The summed E-state index contributed by atoms with van der Waals surface area (Å²) in [6.07, 6.45) is 6.74. The van der Waals surface area contributed by atoms with Crippen LogP contribution in [0.4, 0.5) is 0 Å². The highest BCUT2D eigenvalue weighted by Crippen LogP contribution is 2.26. The van der Waals surface area contributed by atoms with Crippen molar-refractivity contribution in [2.45, 2.75) is 26.3 Å². The molecular formula is C27H29NO. The minimum absolute atomic E-state index is 0.847. The van der Waals surface area contributed by atoms with Crippen LogP contribution in [0.25, 0.3) is 17.2 Å². The third-order valence-electron chi connectivity index (χ3n) is 5.52. The maximum absolute atomic E-state index is 5.83. The average Bonchev–Trinajstić information content (AvgIpc) is 2.79. The van der Waals surface area contributed by atoms with Crippen LogP contribution in [-0.2, 0) is 13.0 Å². The van der Waals surface area contributed by atoms with Crippen molar-refractivity contribution >= 4 is 6.08 Å². The first-order chi connectivity index (χ1) is 14.3. The summed E-state index contributed by atoms with van der Waals surface area (Å²) in [6.45, 7) is 5.98. The summed E-state index contributed by atoms with van der Waals surface area (Å²) >= 11 is 0. The van der Waals surface area contributed by atoms with Gasteiger partial charge in [-0.2, -0.15) is 0 Å². The van der Waals surface area contributed by atoms with Crippen molar-refractivity contribution in [2.75, 3.05) is 19.7 Å². The Kier molecular flexibility index (Phi) is 6.43. The molecule has 0 saturated heterocycles. The fourth-order valence-corrected chi connectivity index (χ4v) is 3.80. The fourth-order valence-electron chi connectivity index (χ4n) is 3.80. The van der Waals surface area contributed by atoms with E-state index in [1.54, 1.807) is 0 Å². The molecule has 0 radical (unpaired) electrons. The van der Waals surface area contributed by atoms with Crippen molar-refractivity contribution in [1.29, 1.82) is 0 Å². The van der Waals surface area contributed by atoms with E-state index in [1.165, 1.54) is 27.8 Å². The second-order valence-corrected chi connectivity index (χ2v) is 7.61. The molecule has 1 aliphatic rings. The Labute approximate surface area is 174 Å². The summed E-state index contributed by atoms with van der Waals surface area (Å²) in [5, 5.41) is 0. The number of nitrogens with zero attached hydrogens (tertiary/aromatic N) is 1. The molecule has 0 aromatic heterocycles. The van der Waals surface area contributed by atoms with E-state index in [-0.39, 0.29) is 0 Å². The molecule has 2 heteroatoms. The van der Waals surface area contributed by atoms with Crippen LogP contribution in [0.1, 0.15) is 30.0 Å². The van der Waals surface area contributed by atoms with Gasteiger partial charge in [0.05, 0.1) is 6.61 Å². The van der Waals surface area contributed by atoms with Crippen LogP contribution >= 0.6 is 0 Å². The molecule has 0 spiro atoms. The first-order valence-electron chi connectivity index (χ1n) is 10.6.